The number of nitrogens with two attached hydrogens (primary N) is 1. The van der Waals surface area contributed by atoms with Crippen LogP contribution in [0.4, 0.5) is 0 Å². The summed E-state index contributed by atoms with van der Waals surface area (Å²) in [4.78, 5) is 59.3. The van der Waals surface area contributed by atoms with Crippen molar-refractivity contribution in [3.8, 4) is 5.75 Å². The zero-order valence-electron chi connectivity index (χ0n) is 19.1. The van der Waals surface area contributed by atoms with E-state index >= 15 is 0 Å². The second-order valence-corrected chi connectivity index (χ2v) is 7.20. The summed E-state index contributed by atoms with van der Waals surface area (Å²) >= 11 is 0. The summed E-state index contributed by atoms with van der Waals surface area (Å²) in [5.41, 5.74) is 6.46. The fraction of sp³-hybridized carbons (Fsp3) is 0.409. The molecule has 0 unspecified atom stereocenters. The number of hydrogen-bond acceptors (Lipinski definition) is 8. The molecule has 0 radical (unpaired) electrons. The highest BCUT2D eigenvalue weighted by atomic mass is 16.5. The first-order chi connectivity index (χ1) is 16.2. The van der Waals surface area contributed by atoms with Crippen molar-refractivity contribution >= 4 is 29.6 Å². The van der Waals surface area contributed by atoms with Gasteiger partial charge in [-0.25, -0.2) is 4.79 Å². The molecule has 0 aliphatic rings. The molecule has 0 bridgehead atoms. The molecule has 0 aromatic heterocycles. The van der Waals surface area contributed by atoms with E-state index in [0.717, 1.165) is 11.6 Å². The Balaban J connectivity index is 2.58. The lowest BCUT2D eigenvalue weighted by Gasteiger charge is -2.22. The van der Waals surface area contributed by atoms with Gasteiger partial charge in [-0.2, -0.15) is 0 Å². The minimum Gasteiger partial charge on any atom is -0.508 e. The van der Waals surface area contributed by atoms with Gasteiger partial charge in [-0.15, -0.1) is 0 Å². The molecule has 0 aliphatic heterocycles. The third kappa shape index (κ3) is 11.1. The molecule has 0 saturated heterocycles. The number of aromatic hydroxyl groups is 1. The summed E-state index contributed by atoms with van der Waals surface area (Å²) < 4.78 is 4.41. The zero-order valence-corrected chi connectivity index (χ0v) is 19.1. The Morgan fingerprint density at radius 1 is 1.03 bits per heavy atom. The molecular formula is C22H31N5O7. The summed E-state index contributed by atoms with van der Waals surface area (Å²) in [6, 6.07) is 4.39. The van der Waals surface area contributed by atoms with Crippen LogP contribution in [0.25, 0.3) is 0 Å². The van der Waals surface area contributed by atoms with Gasteiger partial charge >= 0.3 is 5.97 Å². The predicted octanol–water partition coefficient (Wildman–Crippen LogP) is -1.77. The number of carbonyl (C=O) groups excluding carboxylic acids is 5. The van der Waals surface area contributed by atoms with Gasteiger partial charge in [0, 0.05) is 26.1 Å². The lowest BCUT2D eigenvalue weighted by atomic mass is 10.0. The normalized spacial score (nSPS) is 12.3. The van der Waals surface area contributed by atoms with Crippen molar-refractivity contribution in [3.05, 3.63) is 42.0 Å². The molecule has 0 aliphatic carbocycles. The van der Waals surface area contributed by atoms with Crippen LogP contribution in [0, 0.1) is 0 Å². The highest BCUT2D eigenvalue weighted by molar-refractivity contribution is 5.93. The molecule has 34 heavy (non-hydrogen) atoms. The van der Waals surface area contributed by atoms with Gasteiger partial charge in [0.1, 0.15) is 17.8 Å². The Morgan fingerprint density at radius 3 is 2.29 bits per heavy atom. The number of ether oxygens (including phenoxy) is 1. The van der Waals surface area contributed by atoms with Crippen LogP contribution < -0.4 is 27.0 Å². The summed E-state index contributed by atoms with van der Waals surface area (Å²) in [6.45, 7) is 0.728. The fourth-order valence-corrected chi connectivity index (χ4v) is 2.74. The summed E-state index contributed by atoms with van der Waals surface area (Å²) in [7, 11) is 1.22. The second-order valence-electron chi connectivity index (χ2n) is 7.20. The number of aryl methyl sites for hydroxylation is 1. The Morgan fingerprint density at radius 2 is 1.71 bits per heavy atom. The minimum absolute atomic E-state index is 0.0558. The number of nitrogens with one attached hydrogen (secondary N) is 4. The van der Waals surface area contributed by atoms with E-state index in [4.69, 9.17) is 5.73 Å². The SMILES string of the molecule is COC(=O)/C=C/CNC(=O)CNC(=O)[C@H](CN)NC(=O)[C@H](CCc1ccc(O)cc1)NC(C)=O. The largest absolute Gasteiger partial charge is 0.508 e. The van der Waals surface area contributed by atoms with E-state index in [0.29, 0.717) is 6.42 Å². The number of phenols is 1. The number of methoxy groups -OCH3 is 1. The lowest BCUT2D eigenvalue weighted by Crippen LogP contribution is -2.56. The van der Waals surface area contributed by atoms with Gasteiger partial charge in [0.25, 0.3) is 0 Å². The molecule has 1 rings (SSSR count). The molecular weight excluding hydrogens is 446 g/mol. The van der Waals surface area contributed by atoms with E-state index in [1.807, 2.05) is 0 Å². The van der Waals surface area contributed by atoms with E-state index in [1.165, 1.54) is 32.2 Å². The predicted molar refractivity (Wildman–Crippen MR) is 122 cm³/mol. The Labute approximate surface area is 197 Å². The van der Waals surface area contributed by atoms with Gasteiger partial charge in [0.15, 0.2) is 0 Å². The first-order valence-corrected chi connectivity index (χ1v) is 10.5. The number of benzene rings is 1. The van der Waals surface area contributed by atoms with Crippen LogP contribution in [-0.2, 0) is 35.1 Å². The van der Waals surface area contributed by atoms with E-state index in [2.05, 4.69) is 26.0 Å². The molecule has 1 aromatic rings. The van der Waals surface area contributed by atoms with Crippen LogP contribution >= 0.6 is 0 Å². The van der Waals surface area contributed by atoms with Gasteiger partial charge in [-0.1, -0.05) is 18.2 Å². The van der Waals surface area contributed by atoms with Gasteiger partial charge < -0.3 is 36.8 Å². The molecule has 0 saturated carbocycles. The van der Waals surface area contributed by atoms with Crippen molar-refractivity contribution in [2.45, 2.75) is 31.8 Å². The maximum atomic E-state index is 12.7. The average molecular weight is 478 g/mol. The van der Waals surface area contributed by atoms with Crippen molar-refractivity contribution in [2.24, 2.45) is 5.73 Å². The van der Waals surface area contributed by atoms with Gasteiger partial charge in [0.05, 0.1) is 13.7 Å². The molecule has 1 aromatic carbocycles. The van der Waals surface area contributed by atoms with E-state index < -0.39 is 41.7 Å². The smallest absolute Gasteiger partial charge is 0.330 e. The monoisotopic (exact) mass is 477 g/mol. The fourth-order valence-electron chi connectivity index (χ4n) is 2.74. The third-order valence-electron chi connectivity index (χ3n) is 4.52. The highest BCUT2D eigenvalue weighted by Gasteiger charge is 2.25. The van der Waals surface area contributed by atoms with Crippen LogP contribution in [-0.4, -0.2) is 73.5 Å². The number of amides is 4. The van der Waals surface area contributed by atoms with Crippen molar-refractivity contribution < 1.29 is 33.8 Å². The molecule has 12 heteroatoms. The zero-order chi connectivity index (χ0) is 25.5. The van der Waals surface area contributed by atoms with Gasteiger partial charge in [-0.05, 0) is 30.5 Å². The van der Waals surface area contributed by atoms with Crippen LogP contribution in [0.1, 0.15) is 18.9 Å². The Hall–Kier alpha value is -3.93. The minimum atomic E-state index is -1.12. The second kappa shape index (κ2) is 15.0. The number of phenolic OH excluding ortho intramolecular Hbond substituents is 1. The van der Waals surface area contributed by atoms with Crippen LogP contribution in [0.3, 0.4) is 0 Å². The van der Waals surface area contributed by atoms with Crippen LogP contribution in [0.15, 0.2) is 36.4 Å². The van der Waals surface area contributed by atoms with E-state index in [-0.39, 0.29) is 31.8 Å². The van der Waals surface area contributed by atoms with Crippen molar-refractivity contribution in [1.29, 1.82) is 0 Å². The summed E-state index contributed by atoms with van der Waals surface area (Å²) in [6.07, 6.45) is 3.21. The van der Waals surface area contributed by atoms with Crippen LogP contribution in [0.5, 0.6) is 5.75 Å². The molecule has 4 amide bonds. The number of rotatable bonds is 13. The maximum absolute atomic E-state index is 12.7. The Bertz CT molecular complexity index is 886. The third-order valence-corrected chi connectivity index (χ3v) is 4.52. The molecule has 0 fully saturated rings. The molecule has 186 valence electrons. The molecule has 12 nitrogen and oxygen atoms in total. The van der Waals surface area contributed by atoms with Gasteiger partial charge in [-0.3, -0.25) is 19.2 Å². The average Bonchev–Trinajstić information content (AvgIpc) is 2.81. The maximum Gasteiger partial charge on any atom is 0.330 e. The van der Waals surface area contributed by atoms with E-state index in [9.17, 15) is 29.1 Å². The molecule has 2 atom stereocenters. The Kier molecular flexibility index (Phi) is 12.4. The first kappa shape index (κ1) is 28.1. The standard InChI is InChI=1S/C22H31N5O7/c1-14(28)26-17(10-7-15-5-8-16(29)9-6-15)22(33)27-18(12-23)21(32)25-13-19(30)24-11-3-4-20(31)34-2/h3-6,8-9,17-18,29H,7,10-13,23H2,1-2H3,(H,24,30)(H,25,32)(H,26,28)(H,27,33)/b4-3+/t17-,18-/m0/s1. The number of hydrogen-bond donors (Lipinski definition) is 6. The highest BCUT2D eigenvalue weighted by Crippen LogP contribution is 2.12. The number of carbonyl (C=O) groups is 5. The summed E-state index contributed by atoms with van der Waals surface area (Å²) in [5.74, 6) is -2.66. The lowest BCUT2D eigenvalue weighted by molar-refractivity contribution is -0.135. The molecule has 0 spiro atoms. The van der Waals surface area contributed by atoms with E-state index in [1.54, 1.807) is 12.1 Å². The topological polar surface area (TPSA) is 189 Å². The van der Waals surface area contributed by atoms with Crippen molar-refractivity contribution in [1.82, 2.24) is 21.3 Å². The quantitative estimate of drug-likeness (QED) is 0.142. The summed E-state index contributed by atoms with van der Waals surface area (Å²) in [5, 5.41) is 19.2. The number of esters is 1. The van der Waals surface area contributed by atoms with Crippen LogP contribution in [0.2, 0.25) is 0 Å². The molecule has 7 N–H and O–H groups in total. The first-order valence-electron chi connectivity index (χ1n) is 10.5. The van der Waals surface area contributed by atoms with Crippen molar-refractivity contribution in [2.75, 3.05) is 26.7 Å². The van der Waals surface area contributed by atoms with Gasteiger partial charge in [0.2, 0.25) is 23.6 Å². The molecule has 0 heterocycles. The van der Waals surface area contributed by atoms with Crippen molar-refractivity contribution in [3.63, 3.8) is 0 Å².